The maximum absolute atomic E-state index is 13.6. The summed E-state index contributed by atoms with van der Waals surface area (Å²) in [7, 11) is -1.44. The van der Waals surface area contributed by atoms with Crippen LogP contribution in [0.4, 0.5) is 4.39 Å². The number of carbonyl (C=O) groups excluding carboxylic acids is 1. The summed E-state index contributed by atoms with van der Waals surface area (Å²) >= 11 is 3.25. The summed E-state index contributed by atoms with van der Waals surface area (Å²) in [6, 6.07) is 6.28. The first-order chi connectivity index (χ1) is 13.2. The number of hydrogen-bond acceptors (Lipinski definition) is 6. The second kappa shape index (κ2) is 9.31. The first kappa shape index (κ1) is 22.1. The van der Waals surface area contributed by atoms with Gasteiger partial charge in [-0.25, -0.2) is 17.6 Å². The number of carbonyl (C=O) groups is 1. The van der Waals surface area contributed by atoms with Crippen molar-refractivity contribution in [3.63, 3.8) is 0 Å². The smallest absolute Gasteiger partial charge is 0.342 e. The topological polar surface area (TPSA) is 89.9 Å². The summed E-state index contributed by atoms with van der Waals surface area (Å²) in [6.07, 6.45) is 2.62. The van der Waals surface area contributed by atoms with Crippen LogP contribution in [0.3, 0.4) is 0 Å². The Morgan fingerprint density at radius 2 is 1.96 bits per heavy atom. The van der Waals surface area contributed by atoms with E-state index in [1.54, 1.807) is 6.07 Å². The fourth-order valence-electron chi connectivity index (χ4n) is 2.64. The summed E-state index contributed by atoms with van der Waals surface area (Å²) in [5.41, 5.74) is 0.253. The molecule has 2 aromatic rings. The predicted octanol–water partition coefficient (Wildman–Crippen LogP) is 3.36. The Morgan fingerprint density at radius 3 is 2.57 bits per heavy atom. The first-order valence-electron chi connectivity index (χ1n) is 7.98. The van der Waals surface area contributed by atoms with E-state index in [4.69, 9.17) is 14.6 Å². The van der Waals surface area contributed by atoms with Gasteiger partial charge in [-0.2, -0.15) is 0 Å². The number of sulfone groups is 1. The summed E-state index contributed by atoms with van der Waals surface area (Å²) < 4.78 is 50.1. The van der Waals surface area contributed by atoms with Crippen molar-refractivity contribution in [2.24, 2.45) is 0 Å². The fourth-order valence-corrected chi connectivity index (χ4v) is 4.70. The first-order valence-corrected chi connectivity index (χ1v) is 10.4. The molecule has 0 aromatic heterocycles. The Labute approximate surface area is 170 Å². The summed E-state index contributed by atoms with van der Waals surface area (Å²) in [5.74, 6) is -1.74. The van der Waals surface area contributed by atoms with Crippen LogP contribution in [0.5, 0.6) is 5.75 Å². The highest BCUT2D eigenvalue weighted by Gasteiger charge is 2.26. The van der Waals surface area contributed by atoms with Crippen LogP contribution in [0, 0.1) is 5.82 Å². The number of hydrogen-bond donors (Lipinski definition) is 1. The highest BCUT2D eigenvalue weighted by atomic mass is 79.9. The molecule has 0 aliphatic heterocycles. The van der Waals surface area contributed by atoms with Gasteiger partial charge in [0.1, 0.15) is 17.1 Å². The molecule has 2 rings (SSSR count). The van der Waals surface area contributed by atoms with E-state index < -0.39 is 27.4 Å². The molecule has 6 nitrogen and oxygen atoms in total. The normalized spacial score (nSPS) is 11.6. The van der Waals surface area contributed by atoms with Gasteiger partial charge in [0.25, 0.3) is 0 Å². The third-order valence-corrected chi connectivity index (χ3v) is 6.20. The van der Waals surface area contributed by atoms with Crippen LogP contribution < -0.4 is 4.74 Å². The quantitative estimate of drug-likeness (QED) is 0.490. The Balaban J connectivity index is 2.60. The lowest BCUT2D eigenvalue weighted by Crippen LogP contribution is -2.13. The van der Waals surface area contributed by atoms with E-state index >= 15 is 0 Å². The van der Waals surface area contributed by atoms with Crippen LogP contribution in [0.25, 0.3) is 6.08 Å². The van der Waals surface area contributed by atoms with E-state index in [2.05, 4.69) is 15.9 Å². The molecule has 0 atom stereocenters. The van der Waals surface area contributed by atoms with Gasteiger partial charge in [-0.15, -0.1) is 0 Å². The van der Waals surface area contributed by atoms with Crippen molar-refractivity contribution < 1.29 is 32.2 Å². The minimum Gasteiger partial charge on any atom is -0.495 e. The molecule has 1 N–H and O–H groups in total. The van der Waals surface area contributed by atoms with Crippen LogP contribution in [-0.4, -0.2) is 40.3 Å². The predicted molar refractivity (Wildman–Crippen MR) is 105 cm³/mol. The van der Waals surface area contributed by atoms with E-state index in [9.17, 15) is 17.6 Å². The van der Waals surface area contributed by atoms with Crippen LogP contribution in [0.1, 0.15) is 21.5 Å². The monoisotopic (exact) mass is 472 g/mol. The second-order valence-electron chi connectivity index (χ2n) is 5.63. The van der Waals surface area contributed by atoms with Crippen molar-refractivity contribution in [2.45, 2.75) is 10.6 Å². The van der Waals surface area contributed by atoms with Gasteiger partial charge in [-0.3, -0.25) is 0 Å². The highest BCUT2D eigenvalue weighted by molar-refractivity contribution is 9.10. The number of ether oxygens (including phenoxy) is 2. The maximum Gasteiger partial charge on any atom is 0.342 e. The molecule has 0 radical (unpaired) electrons. The molecular formula is C19H18BrFO6S. The third kappa shape index (κ3) is 4.78. The van der Waals surface area contributed by atoms with Crippen molar-refractivity contribution in [3.8, 4) is 5.75 Å². The Bertz CT molecular complexity index is 1020. The molecule has 0 amide bonds. The average molecular weight is 473 g/mol. The summed E-state index contributed by atoms with van der Waals surface area (Å²) in [6.45, 7) is -0.327. The van der Waals surface area contributed by atoms with Crippen molar-refractivity contribution in [3.05, 3.63) is 63.4 Å². The van der Waals surface area contributed by atoms with Gasteiger partial charge in [-0.1, -0.05) is 18.2 Å². The summed E-state index contributed by atoms with van der Waals surface area (Å²) in [4.78, 5) is 12.1. The third-order valence-electron chi connectivity index (χ3n) is 3.84. The lowest BCUT2D eigenvalue weighted by Gasteiger charge is -2.15. The zero-order valence-electron chi connectivity index (χ0n) is 15.1. The lowest BCUT2D eigenvalue weighted by molar-refractivity contribution is 0.0596. The van der Waals surface area contributed by atoms with Crippen LogP contribution in [0.2, 0.25) is 0 Å². The Morgan fingerprint density at radius 1 is 1.25 bits per heavy atom. The van der Waals surface area contributed by atoms with Crippen LogP contribution in [0.15, 0.2) is 45.8 Å². The molecule has 28 heavy (non-hydrogen) atoms. The van der Waals surface area contributed by atoms with Crippen molar-refractivity contribution >= 4 is 37.8 Å². The molecule has 9 heteroatoms. The van der Waals surface area contributed by atoms with Crippen molar-refractivity contribution in [1.82, 2.24) is 0 Å². The molecule has 0 aliphatic carbocycles. The molecule has 2 aromatic carbocycles. The molecule has 150 valence electrons. The average Bonchev–Trinajstić information content (AvgIpc) is 2.66. The highest BCUT2D eigenvalue weighted by Crippen LogP contribution is 2.34. The Kier molecular flexibility index (Phi) is 7.34. The van der Waals surface area contributed by atoms with Gasteiger partial charge in [-0.05, 0) is 51.3 Å². The second-order valence-corrected chi connectivity index (χ2v) is 8.44. The lowest BCUT2D eigenvalue weighted by atomic mass is 10.1. The van der Waals surface area contributed by atoms with Crippen LogP contribution >= 0.6 is 15.9 Å². The molecule has 0 spiro atoms. The van der Waals surface area contributed by atoms with Gasteiger partial charge in [0.15, 0.2) is 9.84 Å². The van der Waals surface area contributed by atoms with Crippen molar-refractivity contribution in [1.29, 1.82) is 0 Å². The molecule has 0 bridgehead atoms. The maximum atomic E-state index is 13.6. The standard InChI is InChI=1S/C19H18BrFO6S/c1-26-18-15(20)7-5-13(17(18)19(23)27-2)11-28(24,25)16-8-6-14(21)10-12(16)4-3-9-22/h3-8,10,22H,9,11H2,1-2H3/b4-3-. The molecule has 0 saturated heterocycles. The fraction of sp³-hybridized carbons (Fsp3) is 0.211. The molecule has 0 saturated carbocycles. The van der Waals surface area contributed by atoms with Gasteiger partial charge >= 0.3 is 5.97 Å². The number of aliphatic hydroxyl groups is 1. The SMILES string of the molecule is COC(=O)c1c(CS(=O)(=O)c2ccc(F)cc2/C=C\CO)ccc(Br)c1OC. The van der Waals surface area contributed by atoms with Crippen molar-refractivity contribution in [2.75, 3.05) is 20.8 Å². The molecule has 0 unspecified atom stereocenters. The molecule has 0 heterocycles. The summed E-state index contributed by atoms with van der Waals surface area (Å²) in [5, 5.41) is 8.93. The number of esters is 1. The number of rotatable bonds is 7. The van der Waals surface area contributed by atoms with Gasteiger partial charge in [0, 0.05) is 0 Å². The minimum atomic E-state index is -3.97. The molecular weight excluding hydrogens is 455 g/mol. The Hall–Kier alpha value is -2.23. The number of methoxy groups -OCH3 is 2. The van der Waals surface area contributed by atoms with E-state index in [0.29, 0.717) is 4.47 Å². The van der Waals surface area contributed by atoms with E-state index in [-0.39, 0.29) is 33.9 Å². The molecule has 0 fully saturated rings. The zero-order valence-corrected chi connectivity index (χ0v) is 17.5. The van der Waals surface area contributed by atoms with Gasteiger partial charge in [0.2, 0.25) is 0 Å². The van der Waals surface area contributed by atoms with E-state index in [1.807, 2.05) is 0 Å². The van der Waals surface area contributed by atoms with Gasteiger partial charge < -0.3 is 14.6 Å². The largest absolute Gasteiger partial charge is 0.495 e. The van der Waals surface area contributed by atoms with Crippen LogP contribution in [-0.2, 0) is 20.3 Å². The minimum absolute atomic E-state index is 0.0162. The van der Waals surface area contributed by atoms with E-state index in [0.717, 1.165) is 18.2 Å². The number of aliphatic hydroxyl groups excluding tert-OH is 1. The number of benzene rings is 2. The van der Waals surface area contributed by atoms with E-state index in [1.165, 1.54) is 32.4 Å². The molecule has 0 aliphatic rings. The number of halogens is 2. The van der Waals surface area contributed by atoms with Gasteiger partial charge in [0.05, 0.1) is 35.9 Å². The zero-order chi connectivity index (χ0) is 20.9.